The number of hydrogen-bond donors (Lipinski definition) is 1. The molecule has 0 aliphatic rings. The van der Waals surface area contributed by atoms with Crippen LogP contribution in [-0.2, 0) is 16.6 Å². The van der Waals surface area contributed by atoms with E-state index in [2.05, 4.69) is 4.98 Å². The minimum absolute atomic E-state index is 0.205. The molecule has 0 saturated heterocycles. The summed E-state index contributed by atoms with van der Waals surface area (Å²) in [7, 11) is -1.97. The third-order valence-corrected chi connectivity index (χ3v) is 5.31. The van der Waals surface area contributed by atoms with Crippen LogP contribution in [0.3, 0.4) is 0 Å². The highest BCUT2D eigenvalue weighted by atomic mass is 32.2. The molecule has 1 aromatic carbocycles. The van der Waals surface area contributed by atoms with E-state index in [0.29, 0.717) is 12.2 Å². The lowest BCUT2D eigenvalue weighted by Gasteiger charge is -2.16. The number of thiazole rings is 1. The predicted molar refractivity (Wildman–Crippen MR) is 76.4 cm³/mol. The Bertz CT molecular complexity index is 680. The molecule has 2 aromatic rings. The molecule has 7 heteroatoms. The first-order valence-corrected chi connectivity index (χ1v) is 7.88. The summed E-state index contributed by atoms with van der Waals surface area (Å²) in [5, 5.41) is 0.921. The Hall–Kier alpha value is -1.44. The van der Waals surface area contributed by atoms with E-state index < -0.39 is 10.0 Å². The summed E-state index contributed by atoms with van der Waals surface area (Å²) in [6.07, 6.45) is 1.70. The number of nitrogens with two attached hydrogens (primary N) is 1. The molecule has 0 unspecified atom stereocenters. The van der Waals surface area contributed by atoms with E-state index in [4.69, 9.17) is 5.73 Å². The number of rotatable bonds is 4. The van der Waals surface area contributed by atoms with E-state index in [1.165, 1.54) is 21.7 Å². The second kappa shape index (κ2) is 5.28. The molecular weight excluding hydrogens is 282 g/mol. The second-order valence-corrected chi connectivity index (χ2v) is 7.54. The molecule has 0 bridgehead atoms. The average molecular weight is 297 g/mol. The molecule has 1 heterocycles. The molecule has 5 nitrogen and oxygen atoms in total. The van der Waals surface area contributed by atoms with Gasteiger partial charge in [0, 0.05) is 30.4 Å². The van der Waals surface area contributed by atoms with E-state index in [-0.39, 0.29) is 4.90 Å². The van der Waals surface area contributed by atoms with Crippen LogP contribution >= 0.6 is 11.3 Å². The Morgan fingerprint density at radius 1 is 1.42 bits per heavy atom. The zero-order valence-corrected chi connectivity index (χ0v) is 12.3. The van der Waals surface area contributed by atoms with Crippen LogP contribution in [0.5, 0.6) is 0 Å². The number of sulfonamides is 1. The average Bonchev–Trinajstić information content (AvgIpc) is 2.74. The van der Waals surface area contributed by atoms with Crippen LogP contribution < -0.4 is 5.73 Å². The molecule has 0 saturated carbocycles. The summed E-state index contributed by atoms with van der Waals surface area (Å²) in [6, 6.07) is 6.29. The van der Waals surface area contributed by atoms with Crippen LogP contribution in [0.1, 0.15) is 9.88 Å². The Morgan fingerprint density at radius 3 is 2.74 bits per heavy atom. The van der Waals surface area contributed by atoms with Crippen LogP contribution in [0.2, 0.25) is 0 Å². The summed E-state index contributed by atoms with van der Waals surface area (Å²) >= 11 is 1.49. The van der Waals surface area contributed by atoms with E-state index in [1.54, 1.807) is 31.4 Å². The lowest BCUT2D eigenvalue weighted by molar-refractivity contribution is 0.469. The SMILES string of the molecule is Cc1ncc(CN(C)S(=O)(=O)c2cccc(N)c2)s1. The van der Waals surface area contributed by atoms with Gasteiger partial charge in [0.25, 0.3) is 0 Å². The van der Waals surface area contributed by atoms with Gasteiger partial charge in [-0.3, -0.25) is 0 Å². The summed E-state index contributed by atoms with van der Waals surface area (Å²) in [6.45, 7) is 2.20. The normalized spacial score (nSPS) is 11.9. The zero-order chi connectivity index (χ0) is 14.0. The van der Waals surface area contributed by atoms with E-state index in [1.807, 2.05) is 6.92 Å². The van der Waals surface area contributed by atoms with Gasteiger partial charge in [-0.25, -0.2) is 13.4 Å². The Morgan fingerprint density at radius 2 is 2.16 bits per heavy atom. The van der Waals surface area contributed by atoms with Gasteiger partial charge in [-0.2, -0.15) is 4.31 Å². The standard InChI is InChI=1S/C12H15N3O2S2/c1-9-14-7-11(18-9)8-15(2)19(16,17)12-5-3-4-10(13)6-12/h3-7H,8,13H2,1-2H3. The van der Waals surface area contributed by atoms with Gasteiger partial charge in [0.15, 0.2) is 0 Å². The molecule has 0 radical (unpaired) electrons. The monoisotopic (exact) mass is 297 g/mol. The summed E-state index contributed by atoms with van der Waals surface area (Å²) in [4.78, 5) is 5.23. The summed E-state index contributed by atoms with van der Waals surface area (Å²) in [5.41, 5.74) is 6.05. The van der Waals surface area contributed by atoms with Crippen LogP contribution in [0.25, 0.3) is 0 Å². The first kappa shape index (κ1) is 14.0. The number of anilines is 1. The first-order valence-electron chi connectivity index (χ1n) is 5.63. The van der Waals surface area contributed by atoms with Gasteiger partial charge in [-0.1, -0.05) is 6.07 Å². The zero-order valence-electron chi connectivity index (χ0n) is 10.7. The maximum atomic E-state index is 12.4. The van der Waals surface area contributed by atoms with Crippen molar-refractivity contribution in [1.82, 2.24) is 9.29 Å². The Kier molecular flexibility index (Phi) is 3.88. The minimum Gasteiger partial charge on any atom is -0.399 e. The van der Waals surface area contributed by atoms with Gasteiger partial charge in [0.1, 0.15) is 0 Å². The van der Waals surface area contributed by atoms with E-state index >= 15 is 0 Å². The highest BCUT2D eigenvalue weighted by Gasteiger charge is 2.21. The lowest BCUT2D eigenvalue weighted by atomic mass is 10.3. The first-order chi connectivity index (χ1) is 8.89. The highest BCUT2D eigenvalue weighted by molar-refractivity contribution is 7.89. The molecule has 102 valence electrons. The molecule has 0 amide bonds. The quantitative estimate of drug-likeness (QED) is 0.874. The Balaban J connectivity index is 2.24. The molecular formula is C12H15N3O2S2. The fraction of sp³-hybridized carbons (Fsp3) is 0.250. The number of nitrogen functional groups attached to an aromatic ring is 1. The van der Waals surface area contributed by atoms with Gasteiger partial charge in [0.05, 0.1) is 9.90 Å². The van der Waals surface area contributed by atoms with Crippen molar-refractivity contribution in [2.75, 3.05) is 12.8 Å². The van der Waals surface area contributed by atoms with Crippen molar-refractivity contribution in [2.24, 2.45) is 0 Å². The van der Waals surface area contributed by atoms with Crippen molar-refractivity contribution in [3.8, 4) is 0 Å². The second-order valence-electron chi connectivity index (χ2n) is 4.18. The molecule has 2 rings (SSSR count). The van der Waals surface area contributed by atoms with Crippen molar-refractivity contribution in [1.29, 1.82) is 0 Å². The van der Waals surface area contributed by atoms with Crippen LogP contribution in [0.4, 0.5) is 5.69 Å². The van der Waals surface area contributed by atoms with Gasteiger partial charge in [0.2, 0.25) is 10.0 Å². The Labute approximate surface area is 116 Å². The number of hydrogen-bond acceptors (Lipinski definition) is 5. The smallest absolute Gasteiger partial charge is 0.243 e. The van der Waals surface area contributed by atoms with Crippen LogP contribution in [0, 0.1) is 6.92 Å². The third-order valence-electron chi connectivity index (χ3n) is 2.61. The van der Waals surface area contributed by atoms with Gasteiger partial charge in [-0.15, -0.1) is 11.3 Å². The van der Waals surface area contributed by atoms with Crippen LogP contribution in [0.15, 0.2) is 35.4 Å². The van der Waals surface area contributed by atoms with E-state index in [0.717, 1.165) is 9.88 Å². The van der Waals surface area contributed by atoms with Crippen molar-refractivity contribution in [3.05, 3.63) is 40.3 Å². The fourth-order valence-corrected chi connectivity index (χ4v) is 3.77. The van der Waals surface area contributed by atoms with Crippen molar-refractivity contribution < 1.29 is 8.42 Å². The molecule has 0 spiro atoms. The predicted octanol–water partition coefficient (Wildman–Crippen LogP) is 1.85. The topological polar surface area (TPSA) is 76.3 Å². The molecule has 0 aliphatic carbocycles. The van der Waals surface area contributed by atoms with Gasteiger partial charge >= 0.3 is 0 Å². The van der Waals surface area contributed by atoms with Crippen LogP contribution in [-0.4, -0.2) is 24.8 Å². The molecule has 0 fully saturated rings. The number of aromatic nitrogens is 1. The number of nitrogens with zero attached hydrogens (tertiary/aromatic N) is 2. The van der Waals surface area contributed by atoms with Crippen molar-refractivity contribution in [3.63, 3.8) is 0 Å². The molecule has 19 heavy (non-hydrogen) atoms. The molecule has 0 atom stereocenters. The third kappa shape index (κ3) is 3.12. The summed E-state index contributed by atoms with van der Waals surface area (Å²) in [5.74, 6) is 0. The maximum Gasteiger partial charge on any atom is 0.243 e. The van der Waals surface area contributed by atoms with Crippen molar-refractivity contribution in [2.45, 2.75) is 18.4 Å². The molecule has 2 N–H and O–H groups in total. The van der Waals surface area contributed by atoms with E-state index in [9.17, 15) is 8.42 Å². The fourth-order valence-electron chi connectivity index (χ4n) is 1.64. The summed E-state index contributed by atoms with van der Waals surface area (Å²) < 4.78 is 26.0. The van der Waals surface area contributed by atoms with Gasteiger partial charge < -0.3 is 5.73 Å². The van der Waals surface area contributed by atoms with Crippen molar-refractivity contribution >= 4 is 27.0 Å². The van der Waals surface area contributed by atoms with Gasteiger partial charge in [-0.05, 0) is 25.1 Å². The number of benzene rings is 1. The highest BCUT2D eigenvalue weighted by Crippen LogP contribution is 2.20. The number of aryl methyl sites for hydroxylation is 1. The molecule has 0 aliphatic heterocycles. The lowest BCUT2D eigenvalue weighted by Crippen LogP contribution is -2.26. The molecule has 1 aromatic heterocycles. The largest absolute Gasteiger partial charge is 0.399 e. The maximum absolute atomic E-state index is 12.4. The minimum atomic E-state index is -3.52.